The highest BCUT2D eigenvalue weighted by atomic mass is 16.5. The van der Waals surface area contributed by atoms with Crippen LogP contribution in [0.4, 0.5) is 0 Å². The van der Waals surface area contributed by atoms with E-state index in [1.807, 2.05) is 19.2 Å². The van der Waals surface area contributed by atoms with E-state index < -0.39 is 0 Å². The van der Waals surface area contributed by atoms with Gasteiger partial charge in [0.05, 0.1) is 12.7 Å². The molecule has 0 heterocycles. The van der Waals surface area contributed by atoms with Crippen LogP contribution in [0.3, 0.4) is 0 Å². The minimum atomic E-state index is 0.102. The van der Waals surface area contributed by atoms with Crippen LogP contribution in [0.5, 0.6) is 0 Å². The molecule has 0 spiro atoms. The smallest absolute Gasteiger partial charge is 0.0724 e. The molecular formula is C16H25NO2. The van der Waals surface area contributed by atoms with Gasteiger partial charge in [-0.3, -0.25) is 0 Å². The molecule has 0 aliphatic heterocycles. The third-order valence-corrected chi connectivity index (χ3v) is 4.10. The number of hydrogen-bond donors (Lipinski definition) is 2. The van der Waals surface area contributed by atoms with Crippen molar-refractivity contribution in [2.75, 3.05) is 7.11 Å². The van der Waals surface area contributed by atoms with Crippen molar-refractivity contribution < 1.29 is 9.84 Å². The van der Waals surface area contributed by atoms with Crippen LogP contribution >= 0.6 is 0 Å². The normalized spacial score (nSPS) is 25.2. The largest absolute Gasteiger partial charge is 0.392 e. The van der Waals surface area contributed by atoms with Crippen LogP contribution in [0.1, 0.15) is 49.8 Å². The summed E-state index contributed by atoms with van der Waals surface area (Å²) in [4.78, 5) is 0. The molecule has 1 aliphatic carbocycles. The van der Waals surface area contributed by atoms with Gasteiger partial charge in [-0.1, -0.05) is 37.1 Å². The van der Waals surface area contributed by atoms with E-state index in [1.54, 1.807) is 0 Å². The van der Waals surface area contributed by atoms with E-state index in [9.17, 15) is 5.11 Å². The Bertz CT molecular complexity index is 394. The molecule has 0 aromatic heterocycles. The van der Waals surface area contributed by atoms with Crippen LogP contribution in [-0.2, 0) is 11.3 Å². The van der Waals surface area contributed by atoms with Crippen LogP contribution in [0.2, 0.25) is 0 Å². The Morgan fingerprint density at radius 1 is 1.37 bits per heavy atom. The Labute approximate surface area is 116 Å². The summed E-state index contributed by atoms with van der Waals surface area (Å²) in [6.07, 6.45) is 5.21. The standard InChI is InChI=1S/C16H25NO2/c1-12(14-7-5-6-13(10-14)11-18)17-15-8-3-4-9-16(15)19-2/h5-7,10,12,15-18H,3-4,8-9,11H2,1-2H3. The fourth-order valence-electron chi connectivity index (χ4n) is 2.95. The van der Waals surface area contributed by atoms with Crippen molar-refractivity contribution in [1.29, 1.82) is 0 Å². The van der Waals surface area contributed by atoms with E-state index in [2.05, 4.69) is 24.4 Å². The lowest BCUT2D eigenvalue weighted by atomic mass is 9.91. The summed E-state index contributed by atoms with van der Waals surface area (Å²) in [6, 6.07) is 8.87. The minimum Gasteiger partial charge on any atom is -0.392 e. The molecule has 1 fully saturated rings. The fraction of sp³-hybridized carbons (Fsp3) is 0.625. The molecule has 3 unspecified atom stereocenters. The second kappa shape index (κ2) is 7.04. The maximum atomic E-state index is 9.20. The third kappa shape index (κ3) is 3.78. The molecule has 1 aromatic rings. The molecule has 1 saturated carbocycles. The Morgan fingerprint density at radius 2 is 2.16 bits per heavy atom. The highest BCUT2D eigenvalue weighted by Crippen LogP contribution is 2.24. The second-order valence-electron chi connectivity index (χ2n) is 5.46. The van der Waals surface area contributed by atoms with Crippen LogP contribution in [0.25, 0.3) is 0 Å². The molecule has 19 heavy (non-hydrogen) atoms. The molecule has 1 aromatic carbocycles. The van der Waals surface area contributed by atoms with Gasteiger partial charge in [0, 0.05) is 19.2 Å². The number of aliphatic hydroxyl groups is 1. The molecular weight excluding hydrogens is 238 g/mol. The molecule has 2 N–H and O–H groups in total. The van der Waals surface area contributed by atoms with Crippen molar-refractivity contribution in [3.63, 3.8) is 0 Å². The van der Waals surface area contributed by atoms with E-state index in [0.717, 1.165) is 12.0 Å². The van der Waals surface area contributed by atoms with Gasteiger partial charge in [-0.2, -0.15) is 0 Å². The lowest BCUT2D eigenvalue weighted by Crippen LogP contribution is -2.44. The first kappa shape index (κ1) is 14.5. The Kier molecular flexibility index (Phi) is 5.37. The highest BCUT2D eigenvalue weighted by Gasteiger charge is 2.26. The van der Waals surface area contributed by atoms with E-state index >= 15 is 0 Å². The van der Waals surface area contributed by atoms with Crippen molar-refractivity contribution in [2.45, 2.75) is 57.4 Å². The van der Waals surface area contributed by atoms with Crippen molar-refractivity contribution >= 4 is 0 Å². The predicted molar refractivity (Wildman–Crippen MR) is 77.0 cm³/mol. The summed E-state index contributed by atoms with van der Waals surface area (Å²) in [5.74, 6) is 0. The maximum absolute atomic E-state index is 9.20. The van der Waals surface area contributed by atoms with Gasteiger partial charge in [-0.05, 0) is 30.9 Å². The van der Waals surface area contributed by atoms with Gasteiger partial charge in [-0.25, -0.2) is 0 Å². The van der Waals surface area contributed by atoms with Gasteiger partial charge < -0.3 is 15.2 Å². The summed E-state index contributed by atoms with van der Waals surface area (Å²) >= 11 is 0. The zero-order chi connectivity index (χ0) is 13.7. The van der Waals surface area contributed by atoms with Crippen molar-refractivity contribution in [2.24, 2.45) is 0 Å². The first-order valence-corrected chi connectivity index (χ1v) is 7.23. The highest BCUT2D eigenvalue weighted by molar-refractivity contribution is 5.25. The van der Waals surface area contributed by atoms with Gasteiger partial charge in [0.15, 0.2) is 0 Å². The number of methoxy groups -OCH3 is 1. The van der Waals surface area contributed by atoms with Crippen LogP contribution in [-0.4, -0.2) is 24.4 Å². The minimum absolute atomic E-state index is 0.102. The van der Waals surface area contributed by atoms with Gasteiger partial charge in [-0.15, -0.1) is 0 Å². The second-order valence-corrected chi connectivity index (χ2v) is 5.46. The Hall–Kier alpha value is -0.900. The lowest BCUT2D eigenvalue weighted by molar-refractivity contribution is 0.0384. The maximum Gasteiger partial charge on any atom is 0.0724 e. The number of hydrogen-bond acceptors (Lipinski definition) is 3. The molecule has 3 atom stereocenters. The molecule has 1 aliphatic rings. The molecule has 2 rings (SSSR count). The van der Waals surface area contributed by atoms with Gasteiger partial charge in [0.2, 0.25) is 0 Å². The average molecular weight is 263 g/mol. The topological polar surface area (TPSA) is 41.5 Å². The molecule has 0 saturated heterocycles. The first-order valence-electron chi connectivity index (χ1n) is 7.23. The van der Waals surface area contributed by atoms with E-state index in [1.165, 1.54) is 24.8 Å². The van der Waals surface area contributed by atoms with Crippen molar-refractivity contribution in [3.8, 4) is 0 Å². The summed E-state index contributed by atoms with van der Waals surface area (Å²) in [5.41, 5.74) is 2.20. The number of benzene rings is 1. The number of rotatable bonds is 5. The van der Waals surface area contributed by atoms with Gasteiger partial charge in [0.25, 0.3) is 0 Å². The molecule has 106 valence electrons. The number of nitrogens with one attached hydrogen (secondary N) is 1. The summed E-state index contributed by atoms with van der Waals surface area (Å²) < 4.78 is 5.58. The van der Waals surface area contributed by atoms with E-state index in [-0.39, 0.29) is 12.6 Å². The molecule has 0 radical (unpaired) electrons. The van der Waals surface area contributed by atoms with Crippen LogP contribution in [0, 0.1) is 0 Å². The van der Waals surface area contributed by atoms with E-state index in [4.69, 9.17) is 4.74 Å². The molecule has 0 amide bonds. The quantitative estimate of drug-likeness (QED) is 0.858. The zero-order valence-electron chi connectivity index (χ0n) is 11.9. The van der Waals surface area contributed by atoms with E-state index in [0.29, 0.717) is 12.1 Å². The third-order valence-electron chi connectivity index (χ3n) is 4.10. The van der Waals surface area contributed by atoms with Crippen LogP contribution in [0.15, 0.2) is 24.3 Å². The monoisotopic (exact) mass is 263 g/mol. The molecule has 3 heteroatoms. The molecule has 0 bridgehead atoms. The summed E-state index contributed by atoms with van der Waals surface area (Å²) in [7, 11) is 1.81. The van der Waals surface area contributed by atoms with Gasteiger partial charge >= 0.3 is 0 Å². The SMILES string of the molecule is COC1CCCCC1NC(C)c1cccc(CO)c1. The first-order chi connectivity index (χ1) is 9.24. The zero-order valence-corrected chi connectivity index (χ0v) is 11.9. The summed E-state index contributed by atoms with van der Waals surface area (Å²) in [6.45, 7) is 2.28. The number of aliphatic hydroxyl groups excluding tert-OH is 1. The summed E-state index contributed by atoms with van der Waals surface area (Å²) in [5, 5.41) is 12.9. The molecule has 3 nitrogen and oxygen atoms in total. The average Bonchev–Trinajstić information content (AvgIpc) is 2.47. The Morgan fingerprint density at radius 3 is 2.89 bits per heavy atom. The lowest BCUT2D eigenvalue weighted by Gasteiger charge is -2.33. The van der Waals surface area contributed by atoms with Crippen molar-refractivity contribution in [3.05, 3.63) is 35.4 Å². The van der Waals surface area contributed by atoms with Crippen LogP contribution < -0.4 is 5.32 Å². The fourth-order valence-corrected chi connectivity index (χ4v) is 2.95. The predicted octanol–water partition coefficient (Wildman–Crippen LogP) is 2.79. The number of ether oxygens (including phenoxy) is 1. The van der Waals surface area contributed by atoms with Crippen molar-refractivity contribution in [1.82, 2.24) is 5.32 Å². The van der Waals surface area contributed by atoms with Gasteiger partial charge in [0.1, 0.15) is 0 Å². The Balaban J connectivity index is 2.00.